The normalized spacial score (nSPS) is 12.0. The van der Waals surface area contributed by atoms with Gasteiger partial charge in [0.25, 0.3) is 0 Å². The molecule has 0 aliphatic rings. The molecule has 6 nitrogen and oxygen atoms in total. The number of nitrogens with zero attached hydrogens (tertiary/aromatic N) is 1. The largest absolute Gasteiger partial charge is 0.631 e. The van der Waals surface area contributed by atoms with Crippen LogP contribution in [0.1, 0.15) is 60.3 Å². The summed E-state index contributed by atoms with van der Waals surface area (Å²) in [4.78, 5) is 0. The molecular weight excluding hydrogens is 393 g/mol. The zero-order chi connectivity index (χ0) is 23.2. The third kappa shape index (κ3) is 6.46. The molecule has 1 aromatic heterocycles. The molecule has 4 N–H and O–H groups in total. The number of aliphatic hydroxyl groups is 1. The van der Waals surface area contributed by atoms with E-state index in [4.69, 9.17) is 19.8 Å². The van der Waals surface area contributed by atoms with E-state index in [0.29, 0.717) is 0 Å². The van der Waals surface area contributed by atoms with Crippen molar-refractivity contribution in [1.82, 2.24) is 4.57 Å². The Morgan fingerprint density at radius 3 is 2.10 bits per heavy atom. The molecule has 31 heavy (non-hydrogen) atoms. The van der Waals surface area contributed by atoms with Crippen molar-refractivity contribution in [3.05, 3.63) is 42.5 Å². The average Bonchev–Trinajstić information content (AvgIpc) is 2.97. The smallest absolute Gasteiger partial charge is 0.485 e. The van der Waals surface area contributed by atoms with E-state index >= 15 is 0 Å². The minimum Gasteiger partial charge on any atom is -0.485 e. The van der Waals surface area contributed by atoms with Crippen molar-refractivity contribution in [3.63, 3.8) is 0 Å². The Morgan fingerprint density at radius 1 is 0.871 bits per heavy atom. The summed E-state index contributed by atoms with van der Waals surface area (Å²) in [7, 11) is -2.17. The van der Waals surface area contributed by atoms with Crippen LogP contribution in [0.25, 0.3) is 21.8 Å². The third-order valence-corrected chi connectivity index (χ3v) is 5.83. The van der Waals surface area contributed by atoms with E-state index in [-0.39, 0.29) is 0 Å². The van der Waals surface area contributed by atoms with Gasteiger partial charge >= 0.3 is 7.32 Å². The zero-order valence-corrected chi connectivity index (χ0v) is 19.3. The number of hydrogen-bond acceptors (Lipinski definition) is 5. The molecule has 0 atom stereocenters. The van der Waals surface area contributed by atoms with Crippen LogP contribution in [0.5, 0.6) is 5.75 Å². The number of ether oxygens (including phenoxy) is 1. The van der Waals surface area contributed by atoms with Crippen LogP contribution in [0.3, 0.4) is 0 Å². The summed E-state index contributed by atoms with van der Waals surface area (Å²) in [6.07, 6.45) is 5.02. The minimum atomic E-state index is -2.17. The van der Waals surface area contributed by atoms with Gasteiger partial charge in [0.15, 0.2) is 0 Å². The Morgan fingerprint density at radius 2 is 1.48 bits per heavy atom. The van der Waals surface area contributed by atoms with Gasteiger partial charge in [-0.05, 0) is 58.4 Å². The summed E-state index contributed by atoms with van der Waals surface area (Å²) in [6.45, 7) is 10.7. The van der Waals surface area contributed by atoms with E-state index in [0.717, 1.165) is 12.3 Å². The summed E-state index contributed by atoms with van der Waals surface area (Å²) in [5, 5.41) is 34.4. The molecule has 3 rings (SSSR count). The van der Waals surface area contributed by atoms with E-state index in [1.54, 1.807) is 13.8 Å². The molecule has 170 valence electrons. The molecule has 0 fully saturated rings. The summed E-state index contributed by atoms with van der Waals surface area (Å²) >= 11 is 0. The quantitative estimate of drug-likeness (QED) is 0.317. The van der Waals surface area contributed by atoms with Gasteiger partial charge in [0.1, 0.15) is 11.4 Å². The maximum atomic E-state index is 10.4. The highest BCUT2D eigenvalue weighted by molar-refractivity contribution is 6.30. The van der Waals surface area contributed by atoms with Crippen LogP contribution in [0.4, 0.5) is 0 Å². The average molecular weight is 429 g/mol. The summed E-state index contributed by atoms with van der Waals surface area (Å²) < 4.78 is 8.62. The Balaban J connectivity index is 0.000000785. The van der Waals surface area contributed by atoms with Crippen molar-refractivity contribution in [3.8, 4) is 5.75 Å². The third-order valence-electron chi connectivity index (χ3n) is 5.83. The molecular formula is C24H36BNO5. The van der Waals surface area contributed by atoms with Crippen molar-refractivity contribution < 1.29 is 24.9 Å². The van der Waals surface area contributed by atoms with Crippen LogP contribution >= 0.6 is 0 Å². The fourth-order valence-electron chi connectivity index (χ4n) is 3.45. The van der Waals surface area contributed by atoms with Gasteiger partial charge in [0.2, 0.25) is 0 Å². The fourth-order valence-corrected chi connectivity index (χ4v) is 3.45. The number of fused-ring (bicyclic) bond motifs is 3. The lowest BCUT2D eigenvalue weighted by molar-refractivity contribution is -0.0906. The van der Waals surface area contributed by atoms with Crippen LogP contribution in [-0.2, 0) is 6.54 Å². The highest BCUT2D eigenvalue weighted by atomic mass is 16.5. The highest BCUT2D eigenvalue weighted by Gasteiger charge is 2.37. The number of rotatable bonds is 8. The van der Waals surface area contributed by atoms with E-state index in [1.807, 2.05) is 19.9 Å². The lowest BCUT2D eigenvalue weighted by Gasteiger charge is -2.37. The van der Waals surface area contributed by atoms with Crippen molar-refractivity contribution >= 4 is 29.1 Å². The molecule has 0 aliphatic carbocycles. The van der Waals surface area contributed by atoms with Crippen molar-refractivity contribution in [2.75, 3.05) is 0 Å². The van der Waals surface area contributed by atoms with E-state index in [9.17, 15) is 5.11 Å². The van der Waals surface area contributed by atoms with Crippen LogP contribution in [0, 0.1) is 0 Å². The zero-order valence-electron chi connectivity index (χ0n) is 19.3. The van der Waals surface area contributed by atoms with Gasteiger partial charge in [0.05, 0.1) is 5.60 Å². The summed E-state index contributed by atoms with van der Waals surface area (Å²) in [5.41, 5.74) is 0.915. The van der Waals surface area contributed by atoms with Crippen molar-refractivity contribution in [2.45, 2.75) is 78.0 Å². The van der Waals surface area contributed by atoms with Gasteiger partial charge in [-0.2, -0.15) is 0 Å². The number of aromatic nitrogens is 1. The number of hydrogen-bond donors (Lipinski definition) is 4. The molecule has 0 spiro atoms. The summed E-state index contributed by atoms with van der Waals surface area (Å²) in [5.74, 6) is 0.795. The first kappa shape index (κ1) is 25.2. The van der Waals surface area contributed by atoms with Crippen LogP contribution < -0.4 is 4.74 Å². The van der Waals surface area contributed by atoms with Gasteiger partial charge in [0, 0.05) is 28.4 Å². The number of benzene rings is 2. The second-order valence-electron chi connectivity index (χ2n) is 8.93. The van der Waals surface area contributed by atoms with Crippen LogP contribution in [-0.4, -0.2) is 43.3 Å². The molecule has 0 aliphatic heterocycles. The molecule has 7 heteroatoms. The predicted molar refractivity (Wildman–Crippen MR) is 127 cm³/mol. The Hall–Kier alpha value is -2.06. The van der Waals surface area contributed by atoms with Gasteiger partial charge in [-0.15, -0.1) is 0 Å². The first-order valence-corrected chi connectivity index (χ1v) is 10.9. The van der Waals surface area contributed by atoms with Gasteiger partial charge < -0.3 is 29.5 Å². The Kier molecular flexibility index (Phi) is 8.54. The van der Waals surface area contributed by atoms with E-state index in [2.05, 4.69) is 47.9 Å². The maximum Gasteiger partial charge on any atom is 0.631 e. The molecule has 2 aromatic carbocycles. The molecule has 0 unspecified atom stereocenters. The maximum absolute atomic E-state index is 10.4. The lowest BCUT2D eigenvalue weighted by Crippen LogP contribution is -2.49. The molecule has 0 bridgehead atoms. The molecule has 0 saturated carbocycles. The number of unbranched alkanes of at least 4 members (excludes halogenated alkanes) is 3. The van der Waals surface area contributed by atoms with Gasteiger partial charge in [-0.25, -0.2) is 0 Å². The van der Waals surface area contributed by atoms with Crippen LogP contribution in [0.15, 0.2) is 42.5 Å². The summed E-state index contributed by atoms with van der Waals surface area (Å²) in [6, 6.07) is 14.9. The predicted octanol–water partition coefficient (Wildman–Crippen LogP) is 4.25. The number of para-hydroxylation sites is 1. The fraction of sp³-hybridized carbons (Fsp3) is 0.500. The van der Waals surface area contributed by atoms with Gasteiger partial charge in [-0.3, -0.25) is 0 Å². The van der Waals surface area contributed by atoms with E-state index < -0.39 is 18.5 Å². The highest BCUT2D eigenvalue weighted by Crippen LogP contribution is 2.34. The van der Waals surface area contributed by atoms with Gasteiger partial charge in [-0.1, -0.05) is 44.4 Å². The first-order valence-electron chi connectivity index (χ1n) is 10.9. The minimum absolute atomic E-state index is 0.681. The second kappa shape index (κ2) is 10.5. The first-order chi connectivity index (χ1) is 14.5. The molecule has 0 amide bonds. The molecule has 0 radical (unpaired) electrons. The molecule has 1 heterocycles. The van der Waals surface area contributed by atoms with Crippen molar-refractivity contribution in [2.24, 2.45) is 0 Å². The second-order valence-corrected chi connectivity index (χ2v) is 8.93. The lowest BCUT2D eigenvalue weighted by atomic mass is 9.89. The van der Waals surface area contributed by atoms with Crippen molar-refractivity contribution in [1.29, 1.82) is 0 Å². The standard InChI is InChI=1S/C24H33NO2.BH3O3/c1-6-7-8-11-16-25-21-13-10-9-12-19(21)20-17-18(14-15-22(20)25)27-24(4,5)23(2,3)26;2-1(3)4/h9-10,12-15,17,26H,6-8,11,16H2,1-5H3;2-4H. The molecule has 0 saturated heterocycles. The van der Waals surface area contributed by atoms with E-state index in [1.165, 1.54) is 47.5 Å². The number of aryl methyl sites for hydroxylation is 1. The Bertz CT molecular complexity index is 972. The van der Waals surface area contributed by atoms with Crippen LogP contribution in [0.2, 0.25) is 0 Å². The SMILES string of the molecule is CCCCCCn1c2ccccc2c2cc(OC(C)(C)C(C)(C)O)ccc21.OB(O)O. The molecule has 3 aromatic rings. The topological polar surface area (TPSA) is 95.1 Å². The Labute approximate surface area is 185 Å². The monoisotopic (exact) mass is 429 g/mol.